The number of aliphatic hydroxyl groups excluding tert-OH is 1. The summed E-state index contributed by atoms with van der Waals surface area (Å²) < 4.78 is 36.6. The molecule has 0 unspecified atom stereocenters. The van der Waals surface area contributed by atoms with Crippen LogP contribution in [-0.4, -0.2) is 57.6 Å². The lowest BCUT2D eigenvalue weighted by atomic mass is 10.1. The first-order valence-corrected chi connectivity index (χ1v) is 12.8. The first-order valence-electron chi connectivity index (χ1n) is 11.3. The monoisotopic (exact) mass is 526 g/mol. The van der Waals surface area contributed by atoms with Crippen LogP contribution in [0.1, 0.15) is 32.6 Å². The molecular formula is C22H31N4O9P. The predicted molar refractivity (Wildman–Crippen MR) is 128 cm³/mol. The van der Waals surface area contributed by atoms with Gasteiger partial charge in [0.15, 0.2) is 6.23 Å². The fourth-order valence-corrected chi connectivity index (χ4v) is 4.94. The largest absolute Gasteiger partial charge is 0.462 e. The Hall–Kier alpha value is -2.80. The van der Waals surface area contributed by atoms with Crippen LogP contribution >= 0.6 is 7.75 Å². The Morgan fingerprint density at radius 2 is 1.94 bits per heavy atom. The molecule has 0 amide bonds. The second kappa shape index (κ2) is 11.5. The number of aromatic amines is 1. The van der Waals surface area contributed by atoms with Gasteiger partial charge in [-0.2, -0.15) is 5.09 Å². The molecule has 36 heavy (non-hydrogen) atoms. The minimum absolute atomic E-state index is 0.204. The molecule has 6 atom stereocenters. The lowest BCUT2D eigenvalue weighted by molar-refractivity contribution is -0.149. The highest BCUT2D eigenvalue weighted by Gasteiger charge is 2.45. The third kappa shape index (κ3) is 6.69. The number of aromatic nitrogens is 2. The van der Waals surface area contributed by atoms with Crippen molar-refractivity contribution in [3.05, 3.63) is 62.9 Å². The van der Waals surface area contributed by atoms with E-state index in [9.17, 15) is 24.1 Å². The number of nitrogens with zero attached hydrogens (tertiary/aromatic N) is 1. The standard InChI is InChI=1S/C22H31N4O9P/c1-12(2)33-21(29)14(4)25-36(31,35-15-8-6-5-7-9-15)32-11-16-18(27)17(23)20(34-16)26-10-13(3)19(28)24-22(26)30/h5-10,12,14,16-18,20,27H,11,23H2,1-4H3,(H,25,31)(H,24,28,30)/t14-,16+,17+,18+,20+,36+/m0/s1. The molecule has 0 bridgehead atoms. The number of H-pyrrole nitrogens is 1. The molecule has 1 aromatic heterocycles. The molecule has 0 radical (unpaired) electrons. The zero-order chi connectivity index (χ0) is 26.6. The molecule has 2 aromatic rings. The molecular weight excluding hydrogens is 495 g/mol. The summed E-state index contributed by atoms with van der Waals surface area (Å²) in [6.45, 7) is 5.82. The number of esters is 1. The highest BCUT2D eigenvalue weighted by atomic mass is 31.2. The van der Waals surface area contributed by atoms with E-state index in [-0.39, 0.29) is 11.3 Å². The highest BCUT2D eigenvalue weighted by molar-refractivity contribution is 7.52. The molecule has 198 valence electrons. The smallest absolute Gasteiger partial charge is 0.459 e. The van der Waals surface area contributed by atoms with Crippen molar-refractivity contribution in [1.82, 2.24) is 14.6 Å². The Balaban J connectivity index is 1.77. The molecule has 14 heteroatoms. The summed E-state index contributed by atoms with van der Waals surface area (Å²) in [6, 6.07) is 6.03. The number of nitrogens with two attached hydrogens (primary N) is 1. The third-order valence-electron chi connectivity index (χ3n) is 5.27. The van der Waals surface area contributed by atoms with Crippen LogP contribution in [0.5, 0.6) is 5.75 Å². The van der Waals surface area contributed by atoms with Gasteiger partial charge >= 0.3 is 19.4 Å². The number of aliphatic hydroxyl groups is 1. The Morgan fingerprint density at radius 3 is 2.58 bits per heavy atom. The van der Waals surface area contributed by atoms with Gasteiger partial charge in [0.25, 0.3) is 5.56 Å². The van der Waals surface area contributed by atoms with Gasteiger partial charge < -0.3 is 24.8 Å². The number of para-hydroxylation sites is 1. The van der Waals surface area contributed by atoms with Crippen LogP contribution in [0.15, 0.2) is 46.1 Å². The topological polar surface area (TPSA) is 184 Å². The van der Waals surface area contributed by atoms with Gasteiger partial charge in [-0.3, -0.25) is 23.7 Å². The van der Waals surface area contributed by atoms with Crippen molar-refractivity contribution in [1.29, 1.82) is 0 Å². The number of nitrogens with one attached hydrogen (secondary N) is 2. The van der Waals surface area contributed by atoms with Gasteiger partial charge in [0, 0.05) is 11.8 Å². The summed E-state index contributed by atoms with van der Waals surface area (Å²) in [5.74, 6) is -0.465. The Bertz CT molecular complexity index is 1220. The van der Waals surface area contributed by atoms with E-state index in [2.05, 4.69) is 10.1 Å². The average Bonchev–Trinajstić information content (AvgIpc) is 3.08. The van der Waals surface area contributed by atoms with Crippen LogP contribution in [0.2, 0.25) is 0 Å². The molecule has 0 saturated carbocycles. The molecule has 2 heterocycles. The van der Waals surface area contributed by atoms with Crippen LogP contribution in [-0.2, 0) is 23.4 Å². The number of carbonyl (C=O) groups is 1. The van der Waals surface area contributed by atoms with Gasteiger partial charge in [0.2, 0.25) is 0 Å². The summed E-state index contributed by atoms with van der Waals surface area (Å²) in [4.78, 5) is 38.4. The molecule has 13 nitrogen and oxygen atoms in total. The fraction of sp³-hybridized carbons (Fsp3) is 0.500. The van der Waals surface area contributed by atoms with Crippen LogP contribution in [0.3, 0.4) is 0 Å². The molecule has 0 spiro atoms. The lowest BCUT2D eigenvalue weighted by Gasteiger charge is -2.25. The number of carbonyl (C=O) groups excluding carboxylic acids is 1. The minimum Gasteiger partial charge on any atom is -0.462 e. The fourth-order valence-electron chi connectivity index (χ4n) is 3.44. The molecule has 1 aromatic carbocycles. The summed E-state index contributed by atoms with van der Waals surface area (Å²) in [6.07, 6.45) is -2.68. The van der Waals surface area contributed by atoms with Gasteiger partial charge in [0.1, 0.15) is 24.0 Å². The SMILES string of the molecule is Cc1cn([C@@H]2O[C@H](CO[P@](=O)(N[C@@H](C)C(=O)OC(C)C)Oc3ccccc3)[C@@H](O)[C@H]2N)c(=O)[nH]c1=O. The molecule has 1 aliphatic rings. The molecule has 3 rings (SSSR count). The molecule has 1 saturated heterocycles. The van der Waals surface area contributed by atoms with Gasteiger partial charge in [-0.25, -0.2) is 9.36 Å². The van der Waals surface area contributed by atoms with Crippen molar-refractivity contribution in [2.75, 3.05) is 6.61 Å². The van der Waals surface area contributed by atoms with E-state index in [1.165, 1.54) is 20.0 Å². The number of hydrogen-bond donors (Lipinski definition) is 4. The van der Waals surface area contributed by atoms with E-state index in [1.54, 1.807) is 44.2 Å². The second-order valence-electron chi connectivity index (χ2n) is 8.65. The maximum absolute atomic E-state index is 13.6. The number of ether oxygens (including phenoxy) is 2. The highest BCUT2D eigenvalue weighted by Crippen LogP contribution is 2.45. The number of benzene rings is 1. The van der Waals surface area contributed by atoms with Crippen molar-refractivity contribution < 1.29 is 33.0 Å². The van der Waals surface area contributed by atoms with Gasteiger partial charge in [-0.1, -0.05) is 18.2 Å². The zero-order valence-corrected chi connectivity index (χ0v) is 21.2. The van der Waals surface area contributed by atoms with Crippen molar-refractivity contribution in [3.8, 4) is 5.75 Å². The Kier molecular flexibility index (Phi) is 8.88. The normalized spacial score (nSPS) is 24.3. The quantitative estimate of drug-likeness (QED) is 0.251. The zero-order valence-electron chi connectivity index (χ0n) is 20.3. The van der Waals surface area contributed by atoms with E-state index < -0.39 is 68.2 Å². The van der Waals surface area contributed by atoms with E-state index in [4.69, 9.17) is 24.3 Å². The molecule has 0 aliphatic carbocycles. The number of rotatable bonds is 10. The summed E-state index contributed by atoms with van der Waals surface area (Å²) in [7, 11) is -4.21. The van der Waals surface area contributed by atoms with Crippen molar-refractivity contribution in [2.24, 2.45) is 5.73 Å². The maximum atomic E-state index is 13.6. The number of hydrogen-bond acceptors (Lipinski definition) is 10. The molecule has 1 fully saturated rings. The first-order chi connectivity index (χ1) is 16.9. The second-order valence-corrected chi connectivity index (χ2v) is 10.3. The Morgan fingerprint density at radius 1 is 1.28 bits per heavy atom. The summed E-state index contributed by atoms with van der Waals surface area (Å²) in [5, 5.41) is 13.2. The predicted octanol–water partition coefficient (Wildman–Crippen LogP) is 0.564. The minimum atomic E-state index is -4.21. The van der Waals surface area contributed by atoms with E-state index in [0.717, 1.165) is 4.57 Å². The van der Waals surface area contributed by atoms with Crippen LogP contribution in [0, 0.1) is 6.92 Å². The van der Waals surface area contributed by atoms with E-state index in [0.29, 0.717) is 0 Å². The van der Waals surface area contributed by atoms with Crippen molar-refractivity contribution >= 4 is 13.7 Å². The summed E-state index contributed by atoms with van der Waals surface area (Å²) >= 11 is 0. The van der Waals surface area contributed by atoms with Crippen LogP contribution in [0.4, 0.5) is 0 Å². The maximum Gasteiger partial charge on any atom is 0.459 e. The van der Waals surface area contributed by atoms with Gasteiger partial charge in [-0.15, -0.1) is 0 Å². The third-order valence-corrected chi connectivity index (χ3v) is 6.92. The average molecular weight is 526 g/mol. The Labute approximate surface area is 207 Å². The van der Waals surface area contributed by atoms with Crippen molar-refractivity contribution in [3.63, 3.8) is 0 Å². The van der Waals surface area contributed by atoms with Crippen LogP contribution < -0.4 is 26.6 Å². The number of aryl methyl sites for hydroxylation is 1. The molecule has 1 aliphatic heterocycles. The van der Waals surface area contributed by atoms with E-state index >= 15 is 0 Å². The van der Waals surface area contributed by atoms with Gasteiger partial charge in [0.05, 0.1) is 18.8 Å². The van der Waals surface area contributed by atoms with Crippen LogP contribution in [0.25, 0.3) is 0 Å². The summed E-state index contributed by atoms with van der Waals surface area (Å²) in [5.41, 5.74) is 4.99. The van der Waals surface area contributed by atoms with Gasteiger partial charge in [-0.05, 0) is 39.8 Å². The molecule has 5 N–H and O–H groups in total. The van der Waals surface area contributed by atoms with E-state index in [1.807, 2.05) is 0 Å². The lowest BCUT2D eigenvalue weighted by Crippen LogP contribution is -2.43. The van der Waals surface area contributed by atoms with Crippen molar-refractivity contribution in [2.45, 2.75) is 64.3 Å². The first kappa shape index (κ1) is 27.8.